The second-order valence-corrected chi connectivity index (χ2v) is 4.94. The molecule has 0 amide bonds. The number of nitrogens with zero attached hydrogens (tertiary/aromatic N) is 4. The highest BCUT2D eigenvalue weighted by molar-refractivity contribution is 5.91. The molecule has 0 aliphatic carbocycles. The predicted molar refractivity (Wildman–Crippen MR) is 83.6 cm³/mol. The number of methoxy groups -OCH3 is 1. The van der Waals surface area contributed by atoms with Gasteiger partial charge in [-0.3, -0.25) is 4.98 Å². The van der Waals surface area contributed by atoms with E-state index in [2.05, 4.69) is 15.3 Å². The molecule has 0 N–H and O–H groups in total. The van der Waals surface area contributed by atoms with E-state index in [1.54, 1.807) is 31.1 Å². The van der Waals surface area contributed by atoms with Gasteiger partial charge in [-0.25, -0.2) is 9.48 Å². The molecular formula is C16H16N4O3. The first kappa shape index (κ1) is 15.1. The van der Waals surface area contributed by atoms with Crippen LogP contribution in [0.25, 0.3) is 16.5 Å². The Morgan fingerprint density at radius 1 is 1.26 bits per heavy atom. The summed E-state index contributed by atoms with van der Waals surface area (Å²) < 4.78 is 11.6. The molecule has 1 aromatic carbocycles. The number of hydrogen-bond donors (Lipinski definition) is 0. The molecule has 0 unspecified atom stereocenters. The lowest BCUT2D eigenvalue weighted by molar-refractivity contribution is 0.0380. The van der Waals surface area contributed by atoms with Crippen molar-refractivity contribution < 1.29 is 14.3 Å². The number of pyridine rings is 1. The Morgan fingerprint density at radius 3 is 2.96 bits per heavy atom. The maximum atomic E-state index is 12.0. The summed E-state index contributed by atoms with van der Waals surface area (Å²) >= 11 is 0. The Bertz CT molecular complexity index is 839. The summed E-state index contributed by atoms with van der Waals surface area (Å²) in [7, 11) is 1.55. The highest BCUT2D eigenvalue weighted by Gasteiger charge is 2.19. The Balaban J connectivity index is 1.97. The fourth-order valence-electron chi connectivity index (χ4n) is 2.32. The minimum atomic E-state index is -0.507. The highest BCUT2D eigenvalue weighted by Crippen LogP contribution is 2.22. The van der Waals surface area contributed by atoms with Gasteiger partial charge in [0.15, 0.2) is 5.69 Å². The number of hydrogen-bond acceptors (Lipinski definition) is 6. The maximum absolute atomic E-state index is 12.0. The van der Waals surface area contributed by atoms with Crippen molar-refractivity contribution in [3.63, 3.8) is 0 Å². The van der Waals surface area contributed by atoms with E-state index in [9.17, 15) is 4.79 Å². The third kappa shape index (κ3) is 2.91. The van der Waals surface area contributed by atoms with E-state index in [0.717, 1.165) is 16.5 Å². The molecular weight excluding hydrogens is 296 g/mol. The fourth-order valence-corrected chi connectivity index (χ4v) is 2.32. The molecule has 0 aliphatic heterocycles. The summed E-state index contributed by atoms with van der Waals surface area (Å²) in [5.41, 5.74) is 1.66. The van der Waals surface area contributed by atoms with Gasteiger partial charge in [-0.15, -0.1) is 5.10 Å². The van der Waals surface area contributed by atoms with Crippen molar-refractivity contribution in [3.8, 4) is 5.69 Å². The molecule has 0 saturated heterocycles. The Hall–Kier alpha value is -2.80. The molecule has 0 atom stereocenters. The van der Waals surface area contributed by atoms with Crippen LogP contribution in [0.3, 0.4) is 0 Å². The van der Waals surface area contributed by atoms with Crippen LogP contribution in [-0.2, 0) is 9.47 Å². The molecule has 2 heterocycles. The van der Waals surface area contributed by atoms with E-state index in [0.29, 0.717) is 12.3 Å². The molecule has 0 fully saturated rings. The summed E-state index contributed by atoms with van der Waals surface area (Å²) in [5, 5.41) is 10.0. The van der Waals surface area contributed by atoms with Gasteiger partial charge in [-0.05, 0) is 19.1 Å². The zero-order valence-corrected chi connectivity index (χ0v) is 12.9. The molecule has 0 radical (unpaired) electrons. The van der Waals surface area contributed by atoms with Crippen molar-refractivity contribution in [2.75, 3.05) is 20.3 Å². The number of aromatic nitrogens is 4. The molecule has 2 aromatic heterocycles. The van der Waals surface area contributed by atoms with E-state index in [-0.39, 0.29) is 12.3 Å². The average molecular weight is 312 g/mol. The first-order valence-electron chi connectivity index (χ1n) is 7.14. The summed E-state index contributed by atoms with van der Waals surface area (Å²) in [5.74, 6) is -0.507. The van der Waals surface area contributed by atoms with E-state index < -0.39 is 5.97 Å². The van der Waals surface area contributed by atoms with Crippen LogP contribution in [0.1, 0.15) is 16.2 Å². The number of fused-ring (bicyclic) bond motifs is 1. The lowest BCUT2D eigenvalue weighted by Crippen LogP contribution is -2.12. The van der Waals surface area contributed by atoms with Crippen molar-refractivity contribution in [1.82, 2.24) is 20.0 Å². The van der Waals surface area contributed by atoms with Crippen molar-refractivity contribution in [2.24, 2.45) is 0 Å². The monoisotopic (exact) mass is 312 g/mol. The minimum absolute atomic E-state index is 0.182. The van der Waals surface area contributed by atoms with Gasteiger partial charge in [0.25, 0.3) is 0 Å². The molecule has 118 valence electrons. The molecule has 23 heavy (non-hydrogen) atoms. The zero-order chi connectivity index (χ0) is 16.2. The lowest BCUT2D eigenvalue weighted by Gasteiger charge is -2.07. The number of rotatable bonds is 5. The summed E-state index contributed by atoms with van der Waals surface area (Å²) in [6.07, 6.45) is 3.50. The van der Waals surface area contributed by atoms with Gasteiger partial charge < -0.3 is 9.47 Å². The number of benzene rings is 1. The van der Waals surface area contributed by atoms with Crippen LogP contribution in [0.4, 0.5) is 0 Å². The lowest BCUT2D eigenvalue weighted by atomic mass is 10.1. The summed E-state index contributed by atoms with van der Waals surface area (Å²) in [6.45, 7) is 2.31. The SMILES string of the molecule is COCCOC(=O)c1nnn(-c2cccc3cnccc23)c1C. The largest absolute Gasteiger partial charge is 0.458 e. The average Bonchev–Trinajstić information content (AvgIpc) is 2.96. The van der Waals surface area contributed by atoms with Gasteiger partial charge >= 0.3 is 5.97 Å². The molecule has 7 nitrogen and oxygen atoms in total. The summed E-state index contributed by atoms with van der Waals surface area (Å²) in [6, 6.07) is 7.71. The van der Waals surface area contributed by atoms with Gasteiger partial charge in [0.1, 0.15) is 6.61 Å². The summed E-state index contributed by atoms with van der Waals surface area (Å²) in [4.78, 5) is 16.2. The second-order valence-electron chi connectivity index (χ2n) is 4.94. The van der Waals surface area contributed by atoms with Crippen LogP contribution >= 0.6 is 0 Å². The Kier molecular flexibility index (Phi) is 4.29. The molecule has 0 bridgehead atoms. The number of ether oxygens (including phenoxy) is 2. The van der Waals surface area contributed by atoms with Crippen LogP contribution in [0.5, 0.6) is 0 Å². The van der Waals surface area contributed by atoms with E-state index in [1.807, 2.05) is 24.3 Å². The standard InChI is InChI=1S/C16H16N4O3/c1-11-15(16(21)23-9-8-22-2)18-19-20(11)14-5-3-4-12-10-17-7-6-13(12)14/h3-7,10H,8-9H2,1-2H3. The van der Waals surface area contributed by atoms with Gasteiger partial charge in [0.2, 0.25) is 0 Å². The maximum Gasteiger partial charge on any atom is 0.360 e. The van der Waals surface area contributed by atoms with Gasteiger partial charge in [0.05, 0.1) is 18.0 Å². The van der Waals surface area contributed by atoms with Crippen molar-refractivity contribution in [2.45, 2.75) is 6.92 Å². The third-order valence-electron chi connectivity index (χ3n) is 3.49. The van der Waals surface area contributed by atoms with E-state index in [4.69, 9.17) is 9.47 Å². The van der Waals surface area contributed by atoms with Crippen molar-refractivity contribution in [1.29, 1.82) is 0 Å². The van der Waals surface area contributed by atoms with Crippen molar-refractivity contribution in [3.05, 3.63) is 48.0 Å². The molecule has 0 aliphatic rings. The first-order valence-corrected chi connectivity index (χ1v) is 7.14. The third-order valence-corrected chi connectivity index (χ3v) is 3.49. The topological polar surface area (TPSA) is 79.1 Å². The van der Waals surface area contributed by atoms with E-state index >= 15 is 0 Å². The van der Waals surface area contributed by atoms with Crippen LogP contribution in [0.2, 0.25) is 0 Å². The molecule has 3 aromatic rings. The second kappa shape index (κ2) is 6.53. The smallest absolute Gasteiger partial charge is 0.360 e. The molecule has 3 rings (SSSR count). The fraction of sp³-hybridized carbons (Fsp3) is 0.250. The number of carbonyl (C=O) groups excluding carboxylic acids is 1. The van der Waals surface area contributed by atoms with Crippen LogP contribution < -0.4 is 0 Å². The predicted octanol–water partition coefficient (Wildman–Crippen LogP) is 1.93. The van der Waals surface area contributed by atoms with Gasteiger partial charge in [-0.2, -0.15) is 0 Å². The molecule has 0 spiro atoms. The quantitative estimate of drug-likeness (QED) is 0.529. The molecule has 0 saturated carbocycles. The zero-order valence-electron chi connectivity index (χ0n) is 12.9. The van der Waals surface area contributed by atoms with Gasteiger partial charge in [0, 0.05) is 30.3 Å². The number of esters is 1. The van der Waals surface area contributed by atoms with Crippen LogP contribution in [0.15, 0.2) is 36.7 Å². The molecule has 7 heteroatoms. The minimum Gasteiger partial charge on any atom is -0.458 e. The Labute approximate surface area is 132 Å². The van der Waals surface area contributed by atoms with Crippen LogP contribution in [0, 0.1) is 6.92 Å². The normalized spacial score (nSPS) is 10.9. The van der Waals surface area contributed by atoms with E-state index in [1.165, 1.54) is 0 Å². The van der Waals surface area contributed by atoms with Gasteiger partial charge in [-0.1, -0.05) is 17.3 Å². The first-order chi connectivity index (χ1) is 11.2. The number of carbonyl (C=O) groups is 1. The highest BCUT2D eigenvalue weighted by atomic mass is 16.6. The Morgan fingerprint density at radius 2 is 2.13 bits per heavy atom. The van der Waals surface area contributed by atoms with Crippen molar-refractivity contribution >= 4 is 16.7 Å². The van der Waals surface area contributed by atoms with Crippen LogP contribution in [-0.4, -0.2) is 46.3 Å².